The van der Waals surface area contributed by atoms with Crippen molar-refractivity contribution in [1.29, 1.82) is 0 Å². The third-order valence-corrected chi connectivity index (χ3v) is 4.45. The number of amides is 2. The maximum absolute atomic E-state index is 12.5. The van der Waals surface area contributed by atoms with E-state index in [1.165, 1.54) is 0 Å². The molecule has 0 saturated carbocycles. The first-order valence-corrected chi connectivity index (χ1v) is 8.50. The Morgan fingerprint density at radius 2 is 2.20 bits per heavy atom. The van der Waals surface area contributed by atoms with Crippen LogP contribution < -0.4 is 10.2 Å². The first-order valence-electron chi connectivity index (χ1n) is 8.12. The van der Waals surface area contributed by atoms with Crippen LogP contribution in [0.25, 0.3) is 0 Å². The molecule has 0 radical (unpaired) electrons. The fourth-order valence-corrected chi connectivity index (χ4v) is 3.03. The number of rotatable bonds is 5. The average Bonchev–Trinajstić information content (AvgIpc) is 3.09. The molecular weight excluding hydrogens is 342 g/mol. The van der Waals surface area contributed by atoms with Gasteiger partial charge in [0.1, 0.15) is 5.76 Å². The van der Waals surface area contributed by atoms with Crippen LogP contribution in [0.5, 0.6) is 0 Å². The smallest absolute Gasteiger partial charge is 0.241 e. The molecule has 6 nitrogen and oxygen atoms in total. The van der Waals surface area contributed by atoms with Crippen LogP contribution in [-0.4, -0.2) is 42.4 Å². The van der Waals surface area contributed by atoms with Crippen molar-refractivity contribution in [2.75, 3.05) is 24.5 Å². The number of carbonyl (C=O) groups is 2. The Hall–Kier alpha value is -2.31. The Labute approximate surface area is 151 Å². The third kappa shape index (κ3) is 4.41. The molecule has 1 aliphatic heterocycles. The normalized spacial score (nSPS) is 18.4. The van der Waals surface area contributed by atoms with E-state index in [1.54, 1.807) is 35.4 Å². The van der Waals surface area contributed by atoms with E-state index in [2.05, 4.69) is 5.32 Å². The number of halogens is 1. The summed E-state index contributed by atoms with van der Waals surface area (Å²) in [7, 11) is 0. The van der Waals surface area contributed by atoms with Gasteiger partial charge >= 0.3 is 0 Å². The molecule has 1 fully saturated rings. The molecule has 1 aromatic heterocycles. The molecular formula is C18H20ClN3O3. The van der Waals surface area contributed by atoms with Crippen molar-refractivity contribution in [3.8, 4) is 0 Å². The Balaban J connectivity index is 1.56. The van der Waals surface area contributed by atoms with E-state index in [4.69, 9.17) is 16.0 Å². The highest BCUT2D eigenvalue weighted by Crippen LogP contribution is 2.23. The fraction of sp³-hybridized carbons (Fsp3) is 0.333. The second-order valence-electron chi connectivity index (χ2n) is 6.09. The molecule has 2 amide bonds. The van der Waals surface area contributed by atoms with Crippen LogP contribution in [-0.2, 0) is 16.1 Å². The molecule has 1 N–H and O–H groups in total. The molecule has 0 spiro atoms. The maximum Gasteiger partial charge on any atom is 0.241 e. The van der Waals surface area contributed by atoms with Gasteiger partial charge in [-0.25, -0.2) is 0 Å². The Morgan fingerprint density at radius 3 is 2.92 bits per heavy atom. The van der Waals surface area contributed by atoms with Crippen molar-refractivity contribution in [1.82, 2.24) is 10.2 Å². The third-order valence-electron chi connectivity index (χ3n) is 4.22. The molecule has 0 bridgehead atoms. The maximum atomic E-state index is 12.5. The van der Waals surface area contributed by atoms with E-state index in [9.17, 15) is 9.59 Å². The monoisotopic (exact) mass is 361 g/mol. The van der Waals surface area contributed by atoms with Crippen LogP contribution in [0.2, 0.25) is 5.02 Å². The predicted molar refractivity (Wildman–Crippen MR) is 95.4 cm³/mol. The predicted octanol–water partition coefficient (Wildman–Crippen LogP) is 2.29. The minimum Gasteiger partial charge on any atom is -0.467 e. The highest BCUT2D eigenvalue weighted by molar-refractivity contribution is 6.30. The molecule has 132 valence electrons. The van der Waals surface area contributed by atoms with Gasteiger partial charge < -0.3 is 14.6 Å². The van der Waals surface area contributed by atoms with Gasteiger partial charge in [0.15, 0.2) is 0 Å². The standard InChI is InChI=1S/C18H20ClN3O3/c1-13-10-22(15-5-2-4-14(19)8-15)18(24)12-21(13)11-17(23)20-9-16-6-3-7-25-16/h2-8,13H,9-12H2,1H3,(H,20,23)/t13-/m0/s1. The average molecular weight is 362 g/mol. The molecule has 0 unspecified atom stereocenters. The second kappa shape index (κ2) is 7.72. The molecule has 3 rings (SSSR count). The highest BCUT2D eigenvalue weighted by atomic mass is 35.5. The Bertz CT molecular complexity index is 748. The summed E-state index contributed by atoms with van der Waals surface area (Å²) in [4.78, 5) is 28.2. The highest BCUT2D eigenvalue weighted by Gasteiger charge is 2.31. The summed E-state index contributed by atoms with van der Waals surface area (Å²) >= 11 is 6.01. The lowest BCUT2D eigenvalue weighted by molar-refractivity contribution is -0.126. The number of carbonyl (C=O) groups excluding carboxylic acids is 2. The number of benzene rings is 1. The van der Waals surface area contributed by atoms with Gasteiger partial charge in [0.05, 0.1) is 25.9 Å². The van der Waals surface area contributed by atoms with Gasteiger partial charge in [-0.3, -0.25) is 14.5 Å². The van der Waals surface area contributed by atoms with Crippen LogP contribution in [0.15, 0.2) is 47.1 Å². The Morgan fingerprint density at radius 1 is 1.36 bits per heavy atom. The zero-order valence-electron chi connectivity index (χ0n) is 13.9. The molecule has 0 aliphatic carbocycles. The van der Waals surface area contributed by atoms with Crippen molar-refractivity contribution >= 4 is 29.1 Å². The summed E-state index contributed by atoms with van der Waals surface area (Å²) in [5, 5.41) is 3.40. The van der Waals surface area contributed by atoms with E-state index in [1.807, 2.05) is 24.0 Å². The van der Waals surface area contributed by atoms with Crippen molar-refractivity contribution in [2.45, 2.75) is 19.5 Å². The number of piperazine rings is 1. The number of hydrogen-bond donors (Lipinski definition) is 1. The summed E-state index contributed by atoms with van der Waals surface area (Å²) < 4.78 is 5.18. The van der Waals surface area contributed by atoms with Crippen LogP contribution in [0, 0.1) is 0 Å². The van der Waals surface area contributed by atoms with E-state index in [-0.39, 0.29) is 30.9 Å². The zero-order chi connectivity index (χ0) is 17.8. The summed E-state index contributed by atoms with van der Waals surface area (Å²) in [6, 6.07) is 10.9. The van der Waals surface area contributed by atoms with Crippen molar-refractivity contribution < 1.29 is 14.0 Å². The lowest BCUT2D eigenvalue weighted by Crippen LogP contribution is -2.57. The number of anilines is 1. The topological polar surface area (TPSA) is 65.8 Å². The van der Waals surface area contributed by atoms with Gasteiger partial charge in [0.25, 0.3) is 0 Å². The van der Waals surface area contributed by atoms with Gasteiger partial charge in [0.2, 0.25) is 11.8 Å². The molecule has 1 aliphatic rings. The van der Waals surface area contributed by atoms with Gasteiger partial charge in [-0.1, -0.05) is 17.7 Å². The lowest BCUT2D eigenvalue weighted by atomic mass is 10.1. The van der Waals surface area contributed by atoms with Crippen LogP contribution in [0.1, 0.15) is 12.7 Å². The van der Waals surface area contributed by atoms with Crippen molar-refractivity contribution in [3.05, 3.63) is 53.4 Å². The summed E-state index contributed by atoms with van der Waals surface area (Å²) in [5.41, 5.74) is 0.784. The van der Waals surface area contributed by atoms with Crippen LogP contribution in [0.3, 0.4) is 0 Å². The van der Waals surface area contributed by atoms with Gasteiger partial charge in [-0.2, -0.15) is 0 Å². The van der Waals surface area contributed by atoms with E-state index in [0.29, 0.717) is 23.9 Å². The number of nitrogens with one attached hydrogen (secondary N) is 1. The first kappa shape index (κ1) is 17.5. The molecule has 1 aromatic carbocycles. The van der Waals surface area contributed by atoms with E-state index >= 15 is 0 Å². The van der Waals surface area contributed by atoms with Crippen LogP contribution >= 0.6 is 11.6 Å². The molecule has 7 heteroatoms. The van der Waals surface area contributed by atoms with E-state index < -0.39 is 0 Å². The second-order valence-corrected chi connectivity index (χ2v) is 6.53. The summed E-state index contributed by atoms with van der Waals surface area (Å²) in [6.45, 7) is 3.24. The summed E-state index contributed by atoms with van der Waals surface area (Å²) in [5.74, 6) is 0.523. The quantitative estimate of drug-likeness (QED) is 0.887. The molecule has 1 saturated heterocycles. The summed E-state index contributed by atoms with van der Waals surface area (Å²) in [6.07, 6.45) is 1.57. The van der Waals surface area contributed by atoms with Crippen LogP contribution in [0.4, 0.5) is 5.69 Å². The van der Waals surface area contributed by atoms with Gasteiger partial charge in [0, 0.05) is 23.3 Å². The van der Waals surface area contributed by atoms with Gasteiger partial charge in [-0.15, -0.1) is 0 Å². The lowest BCUT2D eigenvalue weighted by Gasteiger charge is -2.39. The van der Waals surface area contributed by atoms with E-state index in [0.717, 1.165) is 5.69 Å². The number of hydrogen-bond acceptors (Lipinski definition) is 4. The van der Waals surface area contributed by atoms with Crippen molar-refractivity contribution in [2.24, 2.45) is 0 Å². The van der Waals surface area contributed by atoms with Gasteiger partial charge in [-0.05, 0) is 37.3 Å². The SMILES string of the molecule is C[C@H]1CN(c2cccc(Cl)c2)C(=O)CN1CC(=O)NCc1ccco1. The Kier molecular flexibility index (Phi) is 5.40. The zero-order valence-corrected chi connectivity index (χ0v) is 14.7. The first-order chi connectivity index (χ1) is 12.0. The number of furan rings is 1. The molecule has 25 heavy (non-hydrogen) atoms. The minimum atomic E-state index is -0.132. The largest absolute Gasteiger partial charge is 0.467 e. The van der Waals surface area contributed by atoms with Crippen molar-refractivity contribution in [3.63, 3.8) is 0 Å². The fourth-order valence-electron chi connectivity index (χ4n) is 2.84. The number of nitrogens with zero attached hydrogens (tertiary/aromatic N) is 2. The minimum absolute atomic E-state index is 0.0424. The molecule has 2 heterocycles. The molecule has 1 atom stereocenters. The molecule has 2 aromatic rings.